The Bertz CT molecular complexity index is 347. The highest BCUT2D eigenvalue weighted by atomic mass is 16.5. The number of carbonyl (C=O) groups excluding carboxylic acids is 3. The minimum atomic E-state index is -1.08. The van der Waals surface area contributed by atoms with Crippen LogP contribution in [0, 0.1) is 0 Å². The van der Waals surface area contributed by atoms with Crippen LogP contribution in [0.1, 0.15) is 25.7 Å². The Morgan fingerprint density at radius 2 is 1.30 bits per heavy atom. The van der Waals surface area contributed by atoms with Crippen molar-refractivity contribution in [1.29, 1.82) is 0 Å². The van der Waals surface area contributed by atoms with Gasteiger partial charge in [-0.15, -0.1) is 0 Å². The van der Waals surface area contributed by atoms with E-state index in [0.29, 0.717) is 0 Å². The molecule has 1 N–H and O–H groups in total. The van der Waals surface area contributed by atoms with Gasteiger partial charge in [-0.05, 0) is 0 Å². The maximum Gasteiger partial charge on any atom is 0.307 e. The van der Waals surface area contributed by atoms with Gasteiger partial charge < -0.3 is 19.5 Å². The van der Waals surface area contributed by atoms with Gasteiger partial charge in [0.2, 0.25) is 5.91 Å². The number of amides is 1. The van der Waals surface area contributed by atoms with Gasteiger partial charge in [0.05, 0.1) is 33.5 Å². The van der Waals surface area contributed by atoms with Crippen LogP contribution in [0.3, 0.4) is 0 Å². The molecule has 0 rings (SSSR count). The molecule has 0 saturated carbocycles. The molecule has 0 aliphatic rings. The third-order valence-electron chi connectivity index (χ3n) is 2.53. The number of carboxylic acid groups (broad SMARTS) is 1. The van der Waals surface area contributed by atoms with Crippen molar-refractivity contribution in [2.45, 2.75) is 25.7 Å². The number of rotatable bonds is 9. The maximum atomic E-state index is 11.8. The second kappa shape index (κ2) is 9.76. The summed E-state index contributed by atoms with van der Waals surface area (Å²) >= 11 is 0. The van der Waals surface area contributed by atoms with Gasteiger partial charge in [-0.1, -0.05) is 0 Å². The van der Waals surface area contributed by atoms with E-state index < -0.39 is 23.8 Å². The Labute approximate surface area is 116 Å². The van der Waals surface area contributed by atoms with Gasteiger partial charge in [-0.3, -0.25) is 19.2 Å². The van der Waals surface area contributed by atoms with Crippen LogP contribution >= 0.6 is 0 Å². The molecule has 0 spiro atoms. The molecule has 1 amide bonds. The van der Waals surface area contributed by atoms with Crippen molar-refractivity contribution < 1.29 is 33.8 Å². The maximum absolute atomic E-state index is 11.8. The van der Waals surface area contributed by atoms with Crippen molar-refractivity contribution in [1.82, 2.24) is 4.90 Å². The molecule has 0 aliphatic carbocycles. The van der Waals surface area contributed by atoms with Gasteiger partial charge in [0.25, 0.3) is 0 Å². The SMILES string of the molecule is COC(=O)CCN(CCC(=O)OC)C(=O)CCC(=O)O. The van der Waals surface area contributed by atoms with E-state index in [1.807, 2.05) is 0 Å². The highest BCUT2D eigenvalue weighted by molar-refractivity contribution is 5.81. The molecule has 114 valence electrons. The zero-order valence-corrected chi connectivity index (χ0v) is 11.6. The summed E-state index contributed by atoms with van der Waals surface area (Å²) in [7, 11) is 2.46. The van der Waals surface area contributed by atoms with Gasteiger partial charge in [0.1, 0.15) is 0 Å². The van der Waals surface area contributed by atoms with Crippen molar-refractivity contribution in [3.8, 4) is 0 Å². The molecule has 0 aromatic rings. The minimum Gasteiger partial charge on any atom is -0.481 e. The Kier molecular flexibility index (Phi) is 8.73. The van der Waals surface area contributed by atoms with Crippen LogP contribution in [0.5, 0.6) is 0 Å². The predicted octanol–water partition coefficient (Wildman–Crippen LogP) is -0.194. The van der Waals surface area contributed by atoms with Crippen LogP contribution in [-0.4, -0.2) is 61.1 Å². The molecule has 0 saturated heterocycles. The van der Waals surface area contributed by atoms with E-state index in [1.54, 1.807) is 0 Å². The smallest absolute Gasteiger partial charge is 0.307 e. The highest BCUT2D eigenvalue weighted by Crippen LogP contribution is 2.03. The number of hydrogen-bond acceptors (Lipinski definition) is 6. The fourth-order valence-electron chi connectivity index (χ4n) is 1.39. The zero-order valence-electron chi connectivity index (χ0n) is 11.6. The number of ether oxygens (including phenoxy) is 2. The standard InChI is InChI=1S/C12H19NO7/c1-19-11(17)5-7-13(8-6-12(18)20-2)9(14)3-4-10(15)16/h3-8H2,1-2H3,(H,15,16). The molecule has 0 aromatic carbocycles. The molecule has 0 heterocycles. The van der Waals surface area contributed by atoms with E-state index in [1.165, 1.54) is 19.1 Å². The number of nitrogens with zero attached hydrogens (tertiary/aromatic N) is 1. The van der Waals surface area contributed by atoms with E-state index in [9.17, 15) is 19.2 Å². The highest BCUT2D eigenvalue weighted by Gasteiger charge is 2.17. The van der Waals surface area contributed by atoms with Crippen LogP contribution < -0.4 is 0 Å². The monoisotopic (exact) mass is 289 g/mol. The summed E-state index contributed by atoms with van der Waals surface area (Å²) in [6.45, 7) is 0.143. The normalized spacial score (nSPS) is 9.70. The lowest BCUT2D eigenvalue weighted by molar-refractivity contribution is -0.144. The summed E-state index contributed by atoms with van der Waals surface area (Å²) in [5.74, 6) is -2.49. The fraction of sp³-hybridized carbons (Fsp3) is 0.667. The lowest BCUT2D eigenvalue weighted by Gasteiger charge is -2.21. The number of carboxylic acids is 1. The molecular weight excluding hydrogens is 270 g/mol. The lowest BCUT2D eigenvalue weighted by atomic mass is 10.2. The number of carbonyl (C=O) groups is 4. The first-order valence-corrected chi connectivity index (χ1v) is 6.04. The average molecular weight is 289 g/mol. The Hall–Kier alpha value is -2.12. The van der Waals surface area contributed by atoms with Gasteiger partial charge in [-0.25, -0.2) is 0 Å². The van der Waals surface area contributed by atoms with Crippen molar-refractivity contribution in [3.05, 3.63) is 0 Å². The van der Waals surface area contributed by atoms with Crippen LogP contribution in [0.25, 0.3) is 0 Å². The number of esters is 2. The van der Waals surface area contributed by atoms with E-state index >= 15 is 0 Å². The number of aliphatic carboxylic acids is 1. The van der Waals surface area contributed by atoms with Crippen molar-refractivity contribution >= 4 is 23.8 Å². The first-order valence-electron chi connectivity index (χ1n) is 6.04. The molecule has 0 aromatic heterocycles. The minimum absolute atomic E-state index is 0.0174. The van der Waals surface area contributed by atoms with E-state index in [-0.39, 0.29) is 38.8 Å². The molecule has 0 bridgehead atoms. The predicted molar refractivity (Wildman–Crippen MR) is 66.7 cm³/mol. The van der Waals surface area contributed by atoms with Crippen LogP contribution in [0.2, 0.25) is 0 Å². The van der Waals surface area contributed by atoms with Gasteiger partial charge in [0, 0.05) is 19.5 Å². The molecule has 0 atom stereocenters. The molecule has 0 aliphatic heterocycles. The summed E-state index contributed by atoms with van der Waals surface area (Å²) < 4.78 is 8.93. The van der Waals surface area contributed by atoms with Crippen molar-refractivity contribution in [2.24, 2.45) is 0 Å². The zero-order chi connectivity index (χ0) is 15.5. The first kappa shape index (κ1) is 17.9. The number of methoxy groups -OCH3 is 2. The average Bonchev–Trinajstić information content (AvgIpc) is 2.43. The van der Waals surface area contributed by atoms with Gasteiger partial charge in [0.15, 0.2) is 0 Å². The summed E-state index contributed by atoms with van der Waals surface area (Å²) in [5, 5.41) is 8.54. The summed E-state index contributed by atoms with van der Waals surface area (Å²) in [4.78, 5) is 45.6. The molecule has 8 heteroatoms. The molecule has 0 fully saturated rings. The summed E-state index contributed by atoms with van der Waals surface area (Å²) in [6.07, 6.45) is -0.517. The third kappa shape index (κ3) is 8.06. The molecule has 8 nitrogen and oxygen atoms in total. The van der Waals surface area contributed by atoms with E-state index in [0.717, 1.165) is 0 Å². The van der Waals surface area contributed by atoms with E-state index in [4.69, 9.17) is 5.11 Å². The fourth-order valence-corrected chi connectivity index (χ4v) is 1.39. The topological polar surface area (TPSA) is 110 Å². The molecule has 20 heavy (non-hydrogen) atoms. The van der Waals surface area contributed by atoms with E-state index in [2.05, 4.69) is 9.47 Å². The van der Waals surface area contributed by atoms with Gasteiger partial charge in [-0.2, -0.15) is 0 Å². The largest absolute Gasteiger partial charge is 0.481 e. The summed E-state index contributed by atoms with van der Waals surface area (Å²) in [6, 6.07) is 0. The lowest BCUT2D eigenvalue weighted by Crippen LogP contribution is -2.35. The van der Waals surface area contributed by atoms with Gasteiger partial charge >= 0.3 is 17.9 Å². The van der Waals surface area contributed by atoms with Crippen molar-refractivity contribution in [3.63, 3.8) is 0 Å². The van der Waals surface area contributed by atoms with Crippen LogP contribution in [0.4, 0.5) is 0 Å². The second-order valence-corrected chi connectivity index (χ2v) is 3.93. The Morgan fingerprint density at radius 1 is 0.850 bits per heavy atom. The quantitative estimate of drug-likeness (QED) is 0.585. The third-order valence-corrected chi connectivity index (χ3v) is 2.53. The Balaban J connectivity index is 4.43. The molecular formula is C12H19NO7. The second-order valence-electron chi connectivity index (χ2n) is 3.93. The number of hydrogen-bond donors (Lipinski definition) is 1. The summed E-state index contributed by atoms with van der Waals surface area (Å²) in [5.41, 5.74) is 0. The Morgan fingerprint density at radius 3 is 1.65 bits per heavy atom. The van der Waals surface area contributed by atoms with Crippen molar-refractivity contribution in [2.75, 3.05) is 27.3 Å². The first-order chi connectivity index (χ1) is 9.40. The van der Waals surface area contributed by atoms with Crippen LogP contribution in [0.15, 0.2) is 0 Å². The van der Waals surface area contributed by atoms with Crippen LogP contribution in [-0.2, 0) is 28.7 Å². The molecule has 0 radical (unpaired) electrons. The molecule has 0 unspecified atom stereocenters.